The summed E-state index contributed by atoms with van der Waals surface area (Å²) in [5.41, 5.74) is 1.94. The predicted molar refractivity (Wildman–Crippen MR) is 123 cm³/mol. The van der Waals surface area contributed by atoms with Gasteiger partial charge in [0.25, 0.3) is 11.8 Å². The summed E-state index contributed by atoms with van der Waals surface area (Å²) >= 11 is 0. The molecule has 2 aliphatic rings. The van der Waals surface area contributed by atoms with Crippen LogP contribution < -0.4 is 19.5 Å². The molecule has 0 bridgehead atoms. The highest BCUT2D eigenvalue weighted by molar-refractivity contribution is 6.36. The van der Waals surface area contributed by atoms with E-state index in [-0.39, 0.29) is 17.8 Å². The smallest absolute Gasteiger partial charge is 0.278 e. The van der Waals surface area contributed by atoms with Gasteiger partial charge >= 0.3 is 0 Å². The molecule has 0 saturated heterocycles. The van der Waals surface area contributed by atoms with Gasteiger partial charge in [0.15, 0.2) is 11.5 Å². The molecule has 3 aromatic rings. The number of hydrogen-bond acceptors (Lipinski definition) is 6. The van der Waals surface area contributed by atoms with Crippen molar-refractivity contribution in [3.05, 3.63) is 89.4 Å². The van der Waals surface area contributed by atoms with E-state index in [0.717, 1.165) is 4.90 Å². The standard InChI is InChI=1S/C26H21FN2O5/c1-32-20-5-3-2-4-17(20)15-29-25(30)23(16-6-8-18(27)9-7-16)24(26(29)31)28-19-10-11-21-22(14-19)34-13-12-33-21/h2-11,14,28H,12-13,15H2,1H3. The van der Waals surface area contributed by atoms with Crippen molar-refractivity contribution >= 4 is 23.1 Å². The Morgan fingerprint density at radius 3 is 2.44 bits per heavy atom. The summed E-state index contributed by atoms with van der Waals surface area (Å²) in [4.78, 5) is 28.1. The first-order valence-corrected chi connectivity index (χ1v) is 10.7. The lowest BCUT2D eigenvalue weighted by molar-refractivity contribution is -0.137. The van der Waals surface area contributed by atoms with Crippen LogP contribution in [0.15, 0.2) is 72.4 Å². The highest BCUT2D eigenvalue weighted by Crippen LogP contribution is 2.36. The zero-order valence-corrected chi connectivity index (χ0v) is 18.3. The van der Waals surface area contributed by atoms with Crippen LogP contribution in [0.5, 0.6) is 17.2 Å². The van der Waals surface area contributed by atoms with Crippen LogP contribution in [0.4, 0.5) is 10.1 Å². The molecule has 0 aliphatic carbocycles. The molecule has 0 unspecified atom stereocenters. The summed E-state index contributed by atoms with van der Waals surface area (Å²) in [6, 6.07) is 17.8. The van der Waals surface area contributed by atoms with Crippen molar-refractivity contribution < 1.29 is 28.2 Å². The third-order valence-electron chi connectivity index (χ3n) is 5.63. The summed E-state index contributed by atoms with van der Waals surface area (Å²) in [6.07, 6.45) is 0. The molecule has 2 heterocycles. The molecule has 5 rings (SSSR count). The van der Waals surface area contributed by atoms with E-state index in [2.05, 4.69) is 5.32 Å². The second kappa shape index (κ2) is 8.90. The fourth-order valence-corrected chi connectivity index (χ4v) is 3.99. The highest BCUT2D eigenvalue weighted by Gasteiger charge is 2.39. The number of carbonyl (C=O) groups excluding carboxylic acids is 2. The number of methoxy groups -OCH3 is 1. The summed E-state index contributed by atoms with van der Waals surface area (Å²) in [5, 5.41) is 3.09. The van der Waals surface area contributed by atoms with E-state index in [9.17, 15) is 14.0 Å². The van der Waals surface area contributed by atoms with E-state index in [1.165, 1.54) is 31.4 Å². The number of nitrogens with one attached hydrogen (secondary N) is 1. The largest absolute Gasteiger partial charge is 0.496 e. The molecule has 0 aromatic heterocycles. The Morgan fingerprint density at radius 2 is 1.68 bits per heavy atom. The van der Waals surface area contributed by atoms with Crippen LogP contribution >= 0.6 is 0 Å². The topological polar surface area (TPSA) is 77.1 Å². The van der Waals surface area contributed by atoms with E-state index < -0.39 is 17.6 Å². The summed E-state index contributed by atoms with van der Waals surface area (Å²) in [5.74, 6) is 0.305. The minimum atomic E-state index is -0.495. The van der Waals surface area contributed by atoms with Gasteiger partial charge in [0.1, 0.15) is 30.5 Å². The summed E-state index contributed by atoms with van der Waals surface area (Å²) in [6.45, 7) is 0.910. The van der Waals surface area contributed by atoms with Crippen molar-refractivity contribution in [3.63, 3.8) is 0 Å². The van der Waals surface area contributed by atoms with Gasteiger partial charge in [-0.1, -0.05) is 30.3 Å². The molecule has 3 aromatic carbocycles. The monoisotopic (exact) mass is 460 g/mol. The van der Waals surface area contributed by atoms with E-state index in [0.29, 0.717) is 47.3 Å². The Morgan fingerprint density at radius 1 is 0.941 bits per heavy atom. The van der Waals surface area contributed by atoms with Crippen molar-refractivity contribution in [2.24, 2.45) is 0 Å². The fraction of sp³-hybridized carbons (Fsp3) is 0.154. The number of ether oxygens (including phenoxy) is 3. The van der Waals surface area contributed by atoms with Crippen LogP contribution in [0.25, 0.3) is 5.57 Å². The molecule has 0 radical (unpaired) electrons. The molecule has 0 saturated carbocycles. The minimum absolute atomic E-state index is 0.0265. The fourth-order valence-electron chi connectivity index (χ4n) is 3.99. The average molecular weight is 460 g/mol. The van der Waals surface area contributed by atoms with Gasteiger partial charge < -0.3 is 19.5 Å². The third kappa shape index (κ3) is 3.94. The Balaban J connectivity index is 1.53. The molecule has 2 amide bonds. The molecular formula is C26H21FN2O5. The number of imide groups is 1. The lowest BCUT2D eigenvalue weighted by Crippen LogP contribution is -2.32. The quantitative estimate of drug-likeness (QED) is 0.561. The molecule has 34 heavy (non-hydrogen) atoms. The Labute approximate surface area is 195 Å². The molecule has 8 heteroatoms. The van der Waals surface area contributed by atoms with E-state index in [1.54, 1.807) is 30.3 Å². The lowest BCUT2D eigenvalue weighted by atomic mass is 10.0. The third-order valence-corrected chi connectivity index (χ3v) is 5.63. The first-order valence-electron chi connectivity index (χ1n) is 10.7. The molecule has 0 fully saturated rings. The van der Waals surface area contributed by atoms with Crippen LogP contribution in [0.3, 0.4) is 0 Å². The number of para-hydroxylation sites is 1. The molecule has 0 atom stereocenters. The predicted octanol–water partition coefficient (Wildman–Crippen LogP) is 4.00. The van der Waals surface area contributed by atoms with Gasteiger partial charge in [0.05, 0.1) is 19.2 Å². The molecular weight excluding hydrogens is 439 g/mol. The maximum Gasteiger partial charge on any atom is 0.278 e. The molecule has 0 spiro atoms. The molecule has 172 valence electrons. The van der Waals surface area contributed by atoms with E-state index >= 15 is 0 Å². The van der Waals surface area contributed by atoms with Gasteiger partial charge in [-0.2, -0.15) is 0 Å². The second-order valence-corrected chi connectivity index (χ2v) is 7.75. The maximum atomic E-state index is 13.6. The average Bonchev–Trinajstić information content (AvgIpc) is 3.09. The molecule has 7 nitrogen and oxygen atoms in total. The Bertz CT molecular complexity index is 1300. The van der Waals surface area contributed by atoms with E-state index in [4.69, 9.17) is 14.2 Å². The Kier molecular flexibility index (Phi) is 5.63. The minimum Gasteiger partial charge on any atom is -0.496 e. The Hall–Kier alpha value is -4.33. The maximum absolute atomic E-state index is 13.6. The van der Waals surface area contributed by atoms with Crippen LogP contribution in [0.2, 0.25) is 0 Å². The number of halogens is 1. The van der Waals surface area contributed by atoms with E-state index in [1.807, 2.05) is 12.1 Å². The second-order valence-electron chi connectivity index (χ2n) is 7.75. The van der Waals surface area contributed by atoms with Crippen LogP contribution in [-0.4, -0.2) is 37.0 Å². The van der Waals surface area contributed by atoms with Crippen molar-refractivity contribution in [1.82, 2.24) is 4.90 Å². The highest BCUT2D eigenvalue weighted by atomic mass is 19.1. The normalized spacial score (nSPS) is 15.1. The molecule has 1 N–H and O–H groups in total. The number of nitrogens with zero attached hydrogens (tertiary/aromatic N) is 1. The van der Waals surface area contributed by atoms with Gasteiger partial charge in [0.2, 0.25) is 0 Å². The summed E-state index contributed by atoms with van der Waals surface area (Å²) < 4.78 is 30.1. The van der Waals surface area contributed by atoms with Gasteiger partial charge in [-0.15, -0.1) is 0 Å². The van der Waals surface area contributed by atoms with Crippen molar-refractivity contribution in [2.75, 3.05) is 25.6 Å². The van der Waals surface area contributed by atoms with Crippen LogP contribution in [0.1, 0.15) is 11.1 Å². The zero-order valence-electron chi connectivity index (χ0n) is 18.3. The number of benzene rings is 3. The van der Waals surface area contributed by atoms with Crippen molar-refractivity contribution in [1.29, 1.82) is 0 Å². The number of amides is 2. The van der Waals surface area contributed by atoms with Gasteiger partial charge in [-0.3, -0.25) is 14.5 Å². The zero-order chi connectivity index (χ0) is 23.7. The van der Waals surface area contributed by atoms with Crippen LogP contribution in [-0.2, 0) is 16.1 Å². The number of rotatable bonds is 6. The number of fused-ring (bicyclic) bond motifs is 1. The lowest BCUT2D eigenvalue weighted by Gasteiger charge is -2.19. The van der Waals surface area contributed by atoms with Crippen molar-refractivity contribution in [2.45, 2.75) is 6.54 Å². The van der Waals surface area contributed by atoms with Gasteiger partial charge in [-0.05, 0) is 35.9 Å². The van der Waals surface area contributed by atoms with Crippen LogP contribution in [0, 0.1) is 5.82 Å². The number of anilines is 1. The first-order chi connectivity index (χ1) is 16.5. The molecule has 2 aliphatic heterocycles. The number of carbonyl (C=O) groups is 2. The number of hydrogen-bond donors (Lipinski definition) is 1. The summed E-state index contributed by atoms with van der Waals surface area (Å²) in [7, 11) is 1.53. The van der Waals surface area contributed by atoms with Gasteiger partial charge in [0, 0.05) is 17.3 Å². The van der Waals surface area contributed by atoms with Crippen molar-refractivity contribution in [3.8, 4) is 17.2 Å². The van der Waals surface area contributed by atoms with Gasteiger partial charge in [-0.25, -0.2) is 4.39 Å². The first kappa shape index (κ1) is 21.5. The SMILES string of the molecule is COc1ccccc1CN1C(=O)C(Nc2ccc3c(c2)OCCO3)=C(c2ccc(F)cc2)C1=O.